The van der Waals surface area contributed by atoms with Crippen molar-refractivity contribution in [1.29, 1.82) is 0 Å². The standard InChI is InChI=1S/C48H80O39/c49-3-1-13-12(57)5-21(58)82-36-15(6-51)78-45(32(69)23(36)60)86-40-19(10-55)80-48(34(71)27(40)64)85-39-18(9-54)77-44(31(68)26(39)63)75-14(2-4-50)22(59)29(66)42(73)83-37-16(7-52)79-46(33(70)24(37)61)87-41-20(11-56)81-47(35(72)28(41)65)84-38-17(8-53)76-43(74-13)30(67)25(38)62/h13-41,43-56,58-72H,1-11H2. The minimum Gasteiger partial charge on any atom is -0.455 e. The van der Waals surface area contributed by atoms with Crippen LogP contribution in [0.3, 0.4) is 0 Å². The minimum absolute atomic E-state index is 0.596. The summed E-state index contributed by atoms with van der Waals surface area (Å²) in [6.07, 6.45) is -76.0. The maximum Gasteiger partial charge on any atom is 0.338 e. The van der Waals surface area contributed by atoms with Crippen molar-refractivity contribution < 1.29 is 193 Å². The van der Waals surface area contributed by atoms with Crippen molar-refractivity contribution in [2.75, 3.05) is 52.9 Å². The molecule has 0 saturated carbocycles. The van der Waals surface area contributed by atoms with E-state index < -0.39 is 299 Å². The summed E-state index contributed by atoms with van der Waals surface area (Å²) in [5.41, 5.74) is 0. The van der Waals surface area contributed by atoms with Gasteiger partial charge < -0.3 is 184 Å². The Bertz CT molecular complexity index is 2100. The lowest BCUT2D eigenvalue weighted by atomic mass is 9.95. The number of hydrogen-bond acceptors (Lipinski definition) is 39. The van der Waals surface area contributed by atoms with E-state index in [0.717, 1.165) is 0 Å². The third kappa shape index (κ3) is 15.9. The van der Waals surface area contributed by atoms with Gasteiger partial charge in [0.15, 0.2) is 62.0 Å². The number of esters is 1. The molecule has 39 nitrogen and oxygen atoms in total. The topological polar surface area (TPSA) is 629 Å². The van der Waals surface area contributed by atoms with E-state index >= 15 is 0 Å². The molecule has 0 aliphatic carbocycles. The number of carbonyl (C=O) groups is 2. The smallest absolute Gasteiger partial charge is 0.338 e. The molecule has 35 unspecified atom stereocenters. The Morgan fingerprint density at radius 3 is 0.862 bits per heavy atom. The summed E-state index contributed by atoms with van der Waals surface area (Å²) in [4.78, 5) is 27.1. The third-order valence-corrected chi connectivity index (χ3v) is 15.7. The quantitative estimate of drug-likeness (QED) is 0.0903. The molecule has 16 heterocycles. The first-order valence-corrected chi connectivity index (χ1v) is 27.7. The molecular weight excluding hydrogens is 1200 g/mol. The lowest BCUT2D eigenvalue weighted by molar-refractivity contribution is -0.384. The Kier molecular flexibility index (Phi) is 26.6. The molecule has 16 aliphatic heterocycles. The first-order chi connectivity index (χ1) is 41.3. The lowest BCUT2D eigenvalue weighted by Crippen LogP contribution is -2.67. The largest absolute Gasteiger partial charge is 0.455 e. The number of aliphatic hydroxyl groups excluding tert-OH is 23. The lowest BCUT2D eigenvalue weighted by Gasteiger charge is -2.48. The summed E-state index contributed by atoms with van der Waals surface area (Å²) >= 11 is 0. The van der Waals surface area contributed by atoms with Gasteiger partial charge in [-0.15, -0.1) is 0 Å². The highest BCUT2D eigenvalue weighted by molar-refractivity contribution is 5.83. The Balaban J connectivity index is 1.15. The van der Waals surface area contributed by atoms with Crippen LogP contribution < -0.4 is 0 Å². The third-order valence-electron chi connectivity index (χ3n) is 15.7. The van der Waals surface area contributed by atoms with E-state index in [-0.39, 0.29) is 0 Å². The summed E-state index contributed by atoms with van der Waals surface area (Å²) < 4.78 is 78.0. The van der Waals surface area contributed by atoms with Gasteiger partial charge in [0, 0.05) is 19.6 Å². The van der Waals surface area contributed by atoms with Crippen LogP contribution in [-0.4, -0.2) is 397 Å². The van der Waals surface area contributed by atoms with Gasteiger partial charge in [-0.05, 0) is 6.42 Å². The number of carbonyl (C=O) groups excluding carboxylic acids is 2. The number of Topliss-reactive ketones (excluding diaryl/α,β-unsaturated/α-hetero) is 1. The zero-order valence-electron chi connectivity index (χ0n) is 45.8. The highest BCUT2D eigenvalue weighted by atomic mass is 16.8. The van der Waals surface area contributed by atoms with Gasteiger partial charge >= 0.3 is 5.97 Å². The SMILES string of the molecule is O=C1CC(O)OC2C(CO)OC(OC3C(CO)OC(OC4C(CO)OC(OC(CCO)C(O)C(O)C(=O)OC5C(CO)OC(OC6C(CO)OC(OC7C(CO)OC(OC1CCO)C(O)C7O)C(O)C6O)C(O)C5O)C(O)C4O)C(O)C3O)C(O)C2O. The highest BCUT2D eigenvalue weighted by Crippen LogP contribution is 2.37. The van der Waals surface area contributed by atoms with Gasteiger partial charge in [0.05, 0.1) is 52.2 Å². The van der Waals surface area contributed by atoms with Crippen molar-refractivity contribution in [1.82, 2.24) is 0 Å². The number of aliphatic hydroxyl groups is 23. The minimum atomic E-state index is -2.73. The Hall–Kier alpha value is -2.30. The molecule has 12 bridgehead atoms. The van der Waals surface area contributed by atoms with Gasteiger partial charge in [-0.3, -0.25) is 4.79 Å². The van der Waals surface area contributed by atoms with Crippen LogP contribution in [0.15, 0.2) is 0 Å². The summed E-state index contributed by atoms with van der Waals surface area (Å²) in [6.45, 7) is -8.32. The molecule has 16 aliphatic rings. The molecule has 0 aromatic heterocycles. The van der Waals surface area contributed by atoms with Crippen molar-refractivity contribution in [2.24, 2.45) is 0 Å². The fraction of sp³-hybridized carbons (Fsp3) is 0.958. The number of ether oxygens (including phenoxy) is 14. The normalized spacial score (nSPS) is 50.5. The fourth-order valence-electron chi connectivity index (χ4n) is 10.9. The molecule has 0 spiro atoms. The Morgan fingerprint density at radius 2 is 0.552 bits per heavy atom. The molecule has 506 valence electrons. The predicted molar refractivity (Wildman–Crippen MR) is 262 cm³/mol. The van der Waals surface area contributed by atoms with Gasteiger partial charge in [0.2, 0.25) is 0 Å². The number of ketones is 1. The summed E-state index contributed by atoms with van der Waals surface area (Å²) in [5, 5.41) is 250. The maximum atomic E-state index is 13.6. The molecule has 0 aromatic carbocycles. The Labute approximate surface area is 491 Å². The van der Waals surface area contributed by atoms with E-state index in [1.54, 1.807) is 0 Å². The summed E-state index contributed by atoms with van der Waals surface area (Å²) in [5.74, 6) is -2.94. The zero-order chi connectivity index (χ0) is 64.0. The first-order valence-electron chi connectivity index (χ1n) is 27.7. The Morgan fingerprint density at radius 1 is 0.287 bits per heavy atom. The van der Waals surface area contributed by atoms with Crippen LogP contribution in [0, 0.1) is 0 Å². The monoisotopic (exact) mass is 1280 g/mol. The molecule has 0 amide bonds. The summed E-state index contributed by atoms with van der Waals surface area (Å²) in [6, 6.07) is 0. The molecular formula is C48H80O39. The van der Waals surface area contributed by atoms with Crippen LogP contribution in [0.2, 0.25) is 0 Å². The average molecular weight is 1280 g/mol. The van der Waals surface area contributed by atoms with Gasteiger partial charge in [0.1, 0.15) is 153 Å². The average Bonchev–Trinajstić information content (AvgIpc) is 1.47. The van der Waals surface area contributed by atoms with E-state index in [9.17, 15) is 127 Å². The maximum absolute atomic E-state index is 13.6. The second-order valence-corrected chi connectivity index (χ2v) is 21.5. The van der Waals surface area contributed by atoms with Crippen LogP contribution >= 0.6 is 0 Å². The molecule has 0 radical (unpaired) electrons. The van der Waals surface area contributed by atoms with Crippen molar-refractivity contribution >= 4 is 11.8 Å². The number of hydrogen-bond donors (Lipinski definition) is 23. The van der Waals surface area contributed by atoms with Gasteiger partial charge in [-0.1, -0.05) is 0 Å². The van der Waals surface area contributed by atoms with Crippen LogP contribution in [0.1, 0.15) is 19.3 Å². The molecule has 35 atom stereocenters. The van der Waals surface area contributed by atoms with E-state index in [1.807, 2.05) is 0 Å². The second-order valence-electron chi connectivity index (χ2n) is 21.5. The highest BCUT2D eigenvalue weighted by Gasteiger charge is 2.58. The van der Waals surface area contributed by atoms with Crippen LogP contribution in [0.5, 0.6) is 0 Å². The van der Waals surface area contributed by atoms with Crippen molar-refractivity contribution in [3.05, 3.63) is 0 Å². The van der Waals surface area contributed by atoms with E-state index in [4.69, 9.17) is 66.3 Å². The van der Waals surface area contributed by atoms with Crippen molar-refractivity contribution in [2.45, 2.75) is 234 Å². The van der Waals surface area contributed by atoms with Gasteiger partial charge in [-0.2, -0.15) is 0 Å². The molecule has 16 saturated heterocycles. The molecule has 87 heavy (non-hydrogen) atoms. The molecule has 39 heteroatoms. The van der Waals surface area contributed by atoms with Crippen LogP contribution in [-0.2, 0) is 75.9 Å². The zero-order valence-corrected chi connectivity index (χ0v) is 45.8. The van der Waals surface area contributed by atoms with Gasteiger partial charge in [0.25, 0.3) is 0 Å². The predicted octanol–water partition coefficient (Wildman–Crippen LogP) is -16.0. The van der Waals surface area contributed by atoms with Crippen molar-refractivity contribution in [3.63, 3.8) is 0 Å². The number of rotatable bonds is 10. The van der Waals surface area contributed by atoms with Gasteiger partial charge in [-0.25, -0.2) is 4.79 Å². The molecule has 16 fully saturated rings. The van der Waals surface area contributed by atoms with E-state index in [2.05, 4.69) is 0 Å². The fourth-order valence-corrected chi connectivity index (χ4v) is 10.9. The summed E-state index contributed by atoms with van der Waals surface area (Å²) in [7, 11) is 0. The van der Waals surface area contributed by atoms with E-state index in [1.165, 1.54) is 0 Å². The van der Waals surface area contributed by atoms with Crippen LogP contribution in [0.4, 0.5) is 0 Å². The van der Waals surface area contributed by atoms with Crippen molar-refractivity contribution in [3.8, 4) is 0 Å². The molecule has 0 aromatic rings. The van der Waals surface area contributed by atoms with Crippen LogP contribution in [0.25, 0.3) is 0 Å². The second kappa shape index (κ2) is 32.0. The molecule has 16 rings (SSSR count). The molecule has 23 N–H and O–H groups in total. The first kappa shape index (κ1) is 72.1. The van der Waals surface area contributed by atoms with E-state index in [0.29, 0.717) is 0 Å².